The van der Waals surface area contributed by atoms with Crippen LogP contribution < -0.4 is 10.2 Å². The van der Waals surface area contributed by atoms with Gasteiger partial charge in [-0.2, -0.15) is 0 Å². The molecule has 1 aromatic carbocycles. The molecular formula is C17H29N3O. The van der Waals surface area contributed by atoms with E-state index in [1.807, 2.05) is 43.3 Å². The summed E-state index contributed by atoms with van der Waals surface area (Å²) >= 11 is 0. The summed E-state index contributed by atoms with van der Waals surface area (Å²) in [6.45, 7) is 8.41. The Balaban J connectivity index is 2.32. The third kappa shape index (κ3) is 6.17. The molecule has 0 radical (unpaired) electrons. The summed E-state index contributed by atoms with van der Waals surface area (Å²) in [5.74, 6) is 0.0153. The average molecular weight is 291 g/mol. The van der Waals surface area contributed by atoms with E-state index in [0.717, 1.165) is 50.3 Å². The molecule has 0 saturated heterocycles. The average Bonchev–Trinajstić information content (AvgIpc) is 2.50. The number of nitrogens with one attached hydrogen (secondary N) is 1. The molecule has 0 aliphatic carbocycles. The molecule has 0 aliphatic rings. The van der Waals surface area contributed by atoms with Crippen molar-refractivity contribution in [1.29, 1.82) is 0 Å². The number of rotatable bonds is 9. The van der Waals surface area contributed by atoms with Gasteiger partial charge in [-0.25, -0.2) is 0 Å². The molecule has 0 aromatic heterocycles. The molecule has 1 amide bonds. The molecule has 0 saturated carbocycles. The summed E-state index contributed by atoms with van der Waals surface area (Å²) in [6.07, 6.45) is 2.15. The van der Waals surface area contributed by atoms with Crippen LogP contribution in [0.5, 0.6) is 0 Å². The fraction of sp³-hybridized carbons (Fsp3) is 0.588. The van der Waals surface area contributed by atoms with E-state index in [9.17, 15) is 4.79 Å². The van der Waals surface area contributed by atoms with Gasteiger partial charge in [0.2, 0.25) is 0 Å². The van der Waals surface area contributed by atoms with Crippen LogP contribution >= 0.6 is 0 Å². The number of carbonyl (C=O) groups is 1. The molecule has 0 bridgehead atoms. The summed E-state index contributed by atoms with van der Waals surface area (Å²) in [7, 11) is 3.95. The van der Waals surface area contributed by atoms with Gasteiger partial charge < -0.3 is 15.1 Å². The van der Waals surface area contributed by atoms with Crippen molar-refractivity contribution in [2.75, 3.05) is 45.2 Å². The number of unbranched alkanes of at least 4 members (excludes halogenated alkanes) is 1. The van der Waals surface area contributed by atoms with E-state index in [0.29, 0.717) is 0 Å². The smallest absolute Gasteiger partial charge is 0.251 e. The Morgan fingerprint density at radius 3 is 2.48 bits per heavy atom. The van der Waals surface area contributed by atoms with E-state index in [-0.39, 0.29) is 5.91 Å². The molecular weight excluding hydrogens is 262 g/mol. The first-order valence-corrected chi connectivity index (χ1v) is 7.86. The topological polar surface area (TPSA) is 35.6 Å². The molecule has 1 N–H and O–H groups in total. The van der Waals surface area contributed by atoms with Crippen LogP contribution in [-0.4, -0.2) is 51.1 Å². The highest BCUT2D eigenvalue weighted by Gasteiger charge is 2.06. The predicted molar refractivity (Wildman–Crippen MR) is 90.1 cm³/mol. The highest BCUT2D eigenvalue weighted by Crippen LogP contribution is 2.13. The second kappa shape index (κ2) is 9.40. The van der Waals surface area contributed by atoms with Gasteiger partial charge in [0.15, 0.2) is 0 Å². The zero-order chi connectivity index (χ0) is 15.7. The van der Waals surface area contributed by atoms with Crippen molar-refractivity contribution < 1.29 is 4.79 Å². The van der Waals surface area contributed by atoms with Gasteiger partial charge in [-0.1, -0.05) is 19.9 Å². The maximum absolute atomic E-state index is 12.1. The molecule has 0 unspecified atom stereocenters. The minimum atomic E-state index is 0.0153. The van der Waals surface area contributed by atoms with Crippen molar-refractivity contribution in [2.45, 2.75) is 26.7 Å². The van der Waals surface area contributed by atoms with Crippen molar-refractivity contribution in [3.63, 3.8) is 0 Å². The van der Waals surface area contributed by atoms with E-state index in [4.69, 9.17) is 0 Å². The standard InChI is InChI=1S/C17H29N3O/c1-5-20(6-2)13-8-7-12-18-17(21)15-10-9-11-16(14-15)19(3)4/h9-11,14H,5-8,12-13H2,1-4H3,(H,18,21). The minimum Gasteiger partial charge on any atom is -0.378 e. The number of benzene rings is 1. The highest BCUT2D eigenvalue weighted by molar-refractivity contribution is 5.95. The quantitative estimate of drug-likeness (QED) is 0.710. The number of hydrogen-bond acceptors (Lipinski definition) is 3. The zero-order valence-corrected chi connectivity index (χ0v) is 13.9. The fourth-order valence-corrected chi connectivity index (χ4v) is 2.23. The summed E-state index contributed by atoms with van der Waals surface area (Å²) in [5.41, 5.74) is 1.77. The van der Waals surface area contributed by atoms with E-state index >= 15 is 0 Å². The van der Waals surface area contributed by atoms with Gasteiger partial charge in [-0.05, 0) is 50.7 Å². The van der Waals surface area contributed by atoms with Gasteiger partial charge in [0.25, 0.3) is 5.91 Å². The molecule has 1 rings (SSSR count). The van der Waals surface area contributed by atoms with Crippen LogP contribution in [-0.2, 0) is 0 Å². The predicted octanol–water partition coefficient (Wildman–Crippen LogP) is 2.60. The summed E-state index contributed by atoms with van der Waals surface area (Å²) in [4.78, 5) is 16.5. The van der Waals surface area contributed by atoms with Crippen molar-refractivity contribution in [1.82, 2.24) is 10.2 Å². The summed E-state index contributed by atoms with van der Waals surface area (Å²) in [6, 6.07) is 7.70. The van der Waals surface area contributed by atoms with Gasteiger partial charge in [-0.3, -0.25) is 4.79 Å². The molecule has 1 aromatic rings. The Hall–Kier alpha value is -1.55. The lowest BCUT2D eigenvalue weighted by molar-refractivity contribution is 0.0952. The maximum atomic E-state index is 12.1. The van der Waals surface area contributed by atoms with E-state index in [2.05, 4.69) is 24.1 Å². The van der Waals surface area contributed by atoms with Gasteiger partial charge in [-0.15, -0.1) is 0 Å². The van der Waals surface area contributed by atoms with Gasteiger partial charge >= 0.3 is 0 Å². The highest BCUT2D eigenvalue weighted by atomic mass is 16.1. The van der Waals surface area contributed by atoms with Crippen molar-refractivity contribution in [3.05, 3.63) is 29.8 Å². The van der Waals surface area contributed by atoms with Gasteiger partial charge in [0.1, 0.15) is 0 Å². The lowest BCUT2D eigenvalue weighted by Crippen LogP contribution is -2.27. The normalized spacial score (nSPS) is 10.7. The molecule has 21 heavy (non-hydrogen) atoms. The Morgan fingerprint density at radius 1 is 1.14 bits per heavy atom. The monoisotopic (exact) mass is 291 g/mol. The first kappa shape index (κ1) is 17.5. The van der Waals surface area contributed by atoms with Crippen molar-refractivity contribution in [3.8, 4) is 0 Å². The van der Waals surface area contributed by atoms with Crippen LogP contribution in [0.4, 0.5) is 5.69 Å². The Kier molecular flexibility index (Phi) is 7.83. The lowest BCUT2D eigenvalue weighted by atomic mass is 10.1. The third-order valence-electron chi connectivity index (χ3n) is 3.71. The largest absolute Gasteiger partial charge is 0.378 e. The zero-order valence-electron chi connectivity index (χ0n) is 13.9. The van der Waals surface area contributed by atoms with Crippen LogP contribution in [0.2, 0.25) is 0 Å². The van der Waals surface area contributed by atoms with E-state index in [1.54, 1.807) is 0 Å². The molecule has 0 atom stereocenters. The summed E-state index contributed by atoms with van der Waals surface area (Å²) in [5, 5.41) is 3.00. The second-order valence-electron chi connectivity index (χ2n) is 5.43. The number of hydrogen-bond donors (Lipinski definition) is 1. The van der Waals surface area contributed by atoms with Crippen LogP contribution in [0.15, 0.2) is 24.3 Å². The third-order valence-corrected chi connectivity index (χ3v) is 3.71. The Bertz CT molecular complexity index is 428. The Morgan fingerprint density at radius 2 is 1.86 bits per heavy atom. The van der Waals surface area contributed by atoms with E-state index in [1.165, 1.54) is 0 Å². The first-order chi connectivity index (χ1) is 10.1. The molecule has 4 heteroatoms. The number of anilines is 1. The second-order valence-corrected chi connectivity index (χ2v) is 5.43. The molecule has 0 spiro atoms. The molecule has 0 aliphatic heterocycles. The lowest BCUT2D eigenvalue weighted by Gasteiger charge is -2.17. The van der Waals surface area contributed by atoms with Crippen molar-refractivity contribution in [2.24, 2.45) is 0 Å². The number of amides is 1. The van der Waals surface area contributed by atoms with Crippen LogP contribution in [0.1, 0.15) is 37.0 Å². The Labute approximate surface area is 129 Å². The minimum absolute atomic E-state index is 0.0153. The van der Waals surface area contributed by atoms with Crippen LogP contribution in [0.3, 0.4) is 0 Å². The maximum Gasteiger partial charge on any atom is 0.251 e. The SMILES string of the molecule is CCN(CC)CCCCNC(=O)c1cccc(N(C)C)c1. The first-order valence-electron chi connectivity index (χ1n) is 7.86. The fourth-order valence-electron chi connectivity index (χ4n) is 2.23. The molecule has 118 valence electrons. The van der Waals surface area contributed by atoms with E-state index < -0.39 is 0 Å². The van der Waals surface area contributed by atoms with Gasteiger partial charge in [0, 0.05) is 31.9 Å². The molecule has 0 heterocycles. The van der Waals surface area contributed by atoms with Crippen molar-refractivity contribution >= 4 is 11.6 Å². The number of nitrogens with zero attached hydrogens (tertiary/aromatic N) is 2. The van der Waals surface area contributed by atoms with Gasteiger partial charge in [0.05, 0.1) is 0 Å². The summed E-state index contributed by atoms with van der Waals surface area (Å²) < 4.78 is 0. The number of carbonyl (C=O) groups excluding carboxylic acids is 1. The van der Waals surface area contributed by atoms with Crippen LogP contribution in [0.25, 0.3) is 0 Å². The van der Waals surface area contributed by atoms with Crippen LogP contribution in [0, 0.1) is 0 Å². The molecule has 4 nitrogen and oxygen atoms in total. The molecule has 0 fully saturated rings.